The number of hydrogen-bond donors (Lipinski definition) is 1. The minimum Gasteiger partial charge on any atom is -0.361 e. The van der Waals surface area contributed by atoms with Crippen LogP contribution in [0.5, 0.6) is 0 Å². The fourth-order valence-electron chi connectivity index (χ4n) is 4.22. The molecular weight excluding hydrogens is 212 g/mol. The molecular formula is C14H22N2O. The zero-order chi connectivity index (χ0) is 12.1. The zero-order valence-electron chi connectivity index (χ0n) is 11.0. The fourth-order valence-corrected chi connectivity index (χ4v) is 4.22. The lowest BCUT2D eigenvalue weighted by molar-refractivity contribution is 0.0668. The van der Waals surface area contributed by atoms with Crippen LogP contribution in [-0.2, 0) is 11.8 Å². The molecule has 1 fully saturated rings. The summed E-state index contributed by atoms with van der Waals surface area (Å²) in [5, 5.41) is 7.56. The molecule has 2 aliphatic rings. The molecule has 2 heterocycles. The summed E-state index contributed by atoms with van der Waals surface area (Å²) in [6.45, 7) is 9.37. The van der Waals surface area contributed by atoms with Crippen molar-refractivity contribution in [3.8, 4) is 0 Å². The summed E-state index contributed by atoms with van der Waals surface area (Å²) in [6.07, 6.45) is 5.55. The summed E-state index contributed by atoms with van der Waals surface area (Å²) in [5.74, 6) is 1.81. The molecule has 17 heavy (non-hydrogen) atoms. The van der Waals surface area contributed by atoms with Crippen molar-refractivity contribution in [2.75, 3.05) is 13.1 Å². The first-order chi connectivity index (χ1) is 8.04. The Bertz CT molecular complexity index is 424. The van der Waals surface area contributed by atoms with E-state index in [1.165, 1.54) is 18.4 Å². The Balaban J connectivity index is 2.09. The lowest BCUT2D eigenvalue weighted by Crippen LogP contribution is -2.46. The minimum atomic E-state index is 0.116. The molecule has 3 nitrogen and oxygen atoms in total. The van der Waals surface area contributed by atoms with E-state index in [1.54, 1.807) is 0 Å². The van der Waals surface area contributed by atoms with Crippen LogP contribution in [0.1, 0.15) is 44.9 Å². The monoisotopic (exact) mass is 234 g/mol. The van der Waals surface area contributed by atoms with Gasteiger partial charge in [-0.15, -0.1) is 0 Å². The van der Waals surface area contributed by atoms with Crippen molar-refractivity contribution >= 4 is 0 Å². The van der Waals surface area contributed by atoms with E-state index in [1.807, 2.05) is 6.20 Å². The third-order valence-electron chi connectivity index (χ3n) is 5.02. The summed E-state index contributed by atoms with van der Waals surface area (Å²) in [6, 6.07) is 0. The highest BCUT2D eigenvalue weighted by Crippen LogP contribution is 2.53. The van der Waals surface area contributed by atoms with Crippen LogP contribution in [0.2, 0.25) is 0 Å². The van der Waals surface area contributed by atoms with Crippen molar-refractivity contribution in [2.24, 2.45) is 11.3 Å². The molecule has 0 spiro atoms. The number of aromatic nitrogens is 1. The molecule has 1 saturated heterocycles. The van der Waals surface area contributed by atoms with Gasteiger partial charge in [0.05, 0.1) is 6.20 Å². The summed E-state index contributed by atoms with van der Waals surface area (Å²) >= 11 is 0. The maximum absolute atomic E-state index is 5.54. The van der Waals surface area contributed by atoms with Crippen molar-refractivity contribution in [3.05, 3.63) is 17.5 Å². The van der Waals surface area contributed by atoms with Crippen molar-refractivity contribution in [1.29, 1.82) is 0 Å². The molecule has 0 saturated carbocycles. The van der Waals surface area contributed by atoms with Crippen LogP contribution < -0.4 is 5.32 Å². The van der Waals surface area contributed by atoms with Gasteiger partial charge < -0.3 is 9.84 Å². The molecule has 3 heteroatoms. The van der Waals surface area contributed by atoms with Crippen LogP contribution >= 0.6 is 0 Å². The number of fused-ring (bicyclic) bond motifs is 2. The molecule has 0 amide bonds. The van der Waals surface area contributed by atoms with Gasteiger partial charge in [0, 0.05) is 11.0 Å². The van der Waals surface area contributed by atoms with Crippen LogP contribution in [0.15, 0.2) is 10.7 Å². The highest BCUT2D eigenvalue weighted by Gasteiger charge is 2.51. The molecule has 0 radical (unpaired) electrons. The van der Waals surface area contributed by atoms with Crippen molar-refractivity contribution in [1.82, 2.24) is 10.5 Å². The molecule has 1 aromatic rings. The predicted molar refractivity (Wildman–Crippen MR) is 66.9 cm³/mol. The van der Waals surface area contributed by atoms with Crippen molar-refractivity contribution < 1.29 is 4.52 Å². The number of rotatable bonds is 0. The van der Waals surface area contributed by atoms with Gasteiger partial charge in [-0.2, -0.15) is 0 Å². The summed E-state index contributed by atoms with van der Waals surface area (Å²) in [7, 11) is 0. The van der Waals surface area contributed by atoms with E-state index >= 15 is 0 Å². The summed E-state index contributed by atoms with van der Waals surface area (Å²) in [4.78, 5) is 0. The normalized spacial score (nSPS) is 35.8. The molecule has 0 bridgehead atoms. The Labute approximate surface area is 103 Å². The van der Waals surface area contributed by atoms with Gasteiger partial charge in [0.2, 0.25) is 0 Å². The van der Waals surface area contributed by atoms with Crippen molar-refractivity contribution in [3.63, 3.8) is 0 Å². The standard InChI is InChI=1S/C14H22N2O/c1-13(2)11-4-6-15-7-5-14(11,3)8-10-9-16-17-12(10)13/h9,11,15H,4-8H2,1-3H3/t11-,14-/m1/s1. The molecule has 1 N–H and O–H groups in total. The number of hydrogen-bond acceptors (Lipinski definition) is 3. The third kappa shape index (κ3) is 1.55. The first kappa shape index (κ1) is 11.3. The van der Waals surface area contributed by atoms with E-state index in [9.17, 15) is 0 Å². The van der Waals surface area contributed by atoms with E-state index in [2.05, 4.69) is 31.2 Å². The summed E-state index contributed by atoms with van der Waals surface area (Å²) < 4.78 is 5.54. The predicted octanol–water partition coefficient (Wildman–Crippen LogP) is 2.51. The Morgan fingerprint density at radius 2 is 2.18 bits per heavy atom. The van der Waals surface area contributed by atoms with Gasteiger partial charge in [-0.3, -0.25) is 0 Å². The van der Waals surface area contributed by atoms with Gasteiger partial charge in [0.25, 0.3) is 0 Å². The van der Waals surface area contributed by atoms with E-state index in [4.69, 9.17) is 4.52 Å². The highest BCUT2D eigenvalue weighted by molar-refractivity contribution is 5.29. The Morgan fingerprint density at radius 3 is 3.00 bits per heavy atom. The van der Waals surface area contributed by atoms with Crippen LogP contribution in [0.3, 0.4) is 0 Å². The number of nitrogens with one attached hydrogen (secondary N) is 1. The zero-order valence-corrected chi connectivity index (χ0v) is 11.0. The van der Waals surface area contributed by atoms with Crippen LogP contribution in [0.25, 0.3) is 0 Å². The number of nitrogens with zero attached hydrogens (tertiary/aromatic N) is 1. The van der Waals surface area contributed by atoms with E-state index in [-0.39, 0.29) is 5.41 Å². The van der Waals surface area contributed by atoms with Crippen LogP contribution in [-0.4, -0.2) is 18.2 Å². The second-order valence-corrected chi connectivity index (χ2v) is 6.57. The SMILES string of the molecule is CC1(C)c2oncc2C[C@@]2(C)CCNCC[C@H]12. The smallest absolute Gasteiger partial charge is 0.145 e. The molecule has 0 aromatic carbocycles. The molecule has 0 unspecified atom stereocenters. The Hall–Kier alpha value is -0.830. The highest BCUT2D eigenvalue weighted by atomic mass is 16.5. The molecule has 2 atom stereocenters. The summed E-state index contributed by atoms with van der Waals surface area (Å²) in [5.41, 5.74) is 1.84. The van der Waals surface area contributed by atoms with E-state index in [0.717, 1.165) is 25.3 Å². The average molecular weight is 234 g/mol. The fraction of sp³-hybridized carbons (Fsp3) is 0.786. The first-order valence-corrected chi connectivity index (χ1v) is 6.69. The average Bonchev–Trinajstić information content (AvgIpc) is 2.61. The lowest BCUT2D eigenvalue weighted by Gasteiger charge is -2.48. The Morgan fingerprint density at radius 1 is 1.35 bits per heavy atom. The van der Waals surface area contributed by atoms with Gasteiger partial charge in [-0.1, -0.05) is 25.9 Å². The molecule has 1 aromatic heterocycles. The lowest BCUT2D eigenvalue weighted by atomic mass is 9.55. The van der Waals surface area contributed by atoms with Gasteiger partial charge >= 0.3 is 0 Å². The second kappa shape index (κ2) is 3.58. The topological polar surface area (TPSA) is 38.1 Å². The van der Waals surface area contributed by atoms with E-state index < -0.39 is 0 Å². The van der Waals surface area contributed by atoms with E-state index in [0.29, 0.717) is 11.3 Å². The molecule has 94 valence electrons. The Kier molecular flexibility index (Phi) is 2.37. The van der Waals surface area contributed by atoms with Gasteiger partial charge in [-0.25, -0.2) is 0 Å². The first-order valence-electron chi connectivity index (χ1n) is 6.69. The molecule has 3 rings (SSSR count). The maximum atomic E-state index is 5.54. The van der Waals surface area contributed by atoms with Crippen molar-refractivity contribution in [2.45, 2.75) is 45.4 Å². The second-order valence-electron chi connectivity index (χ2n) is 6.57. The quantitative estimate of drug-likeness (QED) is 0.749. The maximum Gasteiger partial charge on any atom is 0.145 e. The van der Waals surface area contributed by atoms with Gasteiger partial charge in [0.15, 0.2) is 0 Å². The largest absolute Gasteiger partial charge is 0.361 e. The molecule has 1 aliphatic heterocycles. The van der Waals surface area contributed by atoms with Gasteiger partial charge in [0.1, 0.15) is 5.76 Å². The van der Waals surface area contributed by atoms with Crippen LogP contribution in [0.4, 0.5) is 0 Å². The van der Waals surface area contributed by atoms with Crippen LogP contribution in [0, 0.1) is 11.3 Å². The molecule has 1 aliphatic carbocycles. The minimum absolute atomic E-state index is 0.116. The van der Waals surface area contributed by atoms with Gasteiger partial charge in [-0.05, 0) is 43.7 Å². The third-order valence-corrected chi connectivity index (χ3v) is 5.02.